The highest BCUT2D eigenvalue weighted by Crippen LogP contribution is 2.70. The molecule has 0 bridgehead atoms. The Labute approximate surface area is 184 Å². The number of carbonyl (C=O) groups excluding carboxylic acids is 2. The smallest absolute Gasteiger partial charge is 0.331 e. The lowest BCUT2D eigenvalue weighted by atomic mass is 9.43. The van der Waals surface area contributed by atoms with E-state index >= 15 is 0 Å². The molecule has 0 aromatic rings. The van der Waals surface area contributed by atoms with Gasteiger partial charge in [0.1, 0.15) is 12.7 Å². The van der Waals surface area contributed by atoms with Gasteiger partial charge in [-0.25, -0.2) is 4.79 Å². The summed E-state index contributed by atoms with van der Waals surface area (Å²) in [6, 6.07) is 0. The molecule has 6 heteroatoms. The summed E-state index contributed by atoms with van der Waals surface area (Å²) in [5, 5.41) is 22.7. The Bertz CT molecular complexity index is 821. The van der Waals surface area contributed by atoms with E-state index in [0.717, 1.165) is 50.5 Å². The first-order valence-electron chi connectivity index (χ1n) is 12.0. The average Bonchev–Trinajstić information content (AvgIpc) is 3.19. The predicted molar refractivity (Wildman–Crippen MR) is 113 cm³/mol. The van der Waals surface area contributed by atoms with Crippen molar-refractivity contribution in [2.45, 2.75) is 89.9 Å². The zero-order valence-corrected chi connectivity index (χ0v) is 18.9. The van der Waals surface area contributed by atoms with Crippen LogP contribution in [0.15, 0.2) is 11.6 Å². The summed E-state index contributed by atoms with van der Waals surface area (Å²) < 4.78 is 11.0. The highest BCUT2D eigenvalue weighted by Gasteiger charge is 2.70. The Morgan fingerprint density at radius 2 is 1.94 bits per heavy atom. The standard InChI is InChI=1S/C25H36O6/c1-14(26)31-20-12-25(29)19-5-4-16-11-17(27)6-8-23(16,2)18(19)7-9-24(25,3)22(20)15-10-21(28)30-13-15/h10,16-20,22,27,29H,4-9,11-13H2,1-3H3/t16-,17-,18+,19-,20-,22+,23+,24-,25-/m1/s1. The lowest BCUT2D eigenvalue weighted by molar-refractivity contribution is -0.208. The minimum absolute atomic E-state index is 0.139. The van der Waals surface area contributed by atoms with Gasteiger partial charge in [0.25, 0.3) is 0 Å². The molecule has 4 aliphatic carbocycles. The zero-order valence-electron chi connectivity index (χ0n) is 18.9. The topological polar surface area (TPSA) is 93.1 Å². The number of hydrogen-bond donors (Lipinski definition) is 2. The van der Waals surface area contributed by atoms with Crippen LogP contribution in [0.5, 0.6) is 0 Å². The SMILES string of the molecule is CC(=O)O[C@@H]1C[C@@]2(O)[C@@H]3CC[C@@H]4C[C@H](O)CC[C@]4(C)[C@H]3CC[C@]2(C)[C@H]1C1=CC(=O)OC1. The molecule has 0 spiro atoms. The molecule has 172 valence electrons. The van der Waals surface area contributed by atoms with E-state index in [1.165, 1.54) is 6.92 Å². The fraction of sp³-hybridized carbons (Fsp3) is 0.840. The number of cyclic esters (lactones) is 1. The quantitative estimate of drug-likeness (QED) is 0.651. The van der Waals surface area contributed by atoms with Crippen LogP contribution in [0.25, 0.3) is 0 Å². The summed E-state index contributed by atoms with van der Waals surface area (Å²) in [6.07, 6.45) is 7.90. The number of fused-ring (bicyclic) bond motifs is 5. The van der Waals surface area contributed by atoms with E-state index in [9.17, 15) is 19.8 Å². The molecule has 4 fully saturated rings. The molecule has 4 saturated carbocycles. The molecule has 0 aromatic heterocycles. The molecule has 6 nitrogen and oxygen atoms in total. The second-order valence-electron chi connectivity index (χ2n) is 11.5. The second kappa shape index (κ2) is 7.05. The molecule has 2 N–H and O–H groups in total. The molecule has 0 saturated heterocycles. The van der Waals surface area contributed by atoms with Crippen molar-refractivity contribution in [1.29, 1.82) is 0 Å². The highest BCUT2D eigenvalue weighted by molar-refractivity contribution is 5.85. The van der Waals surface area contributed by atoms with Gasteiger partial charge in [0, 0.05) is 30.8 Å². The molecule has 9 atom stereocenters. The molecular weight excluding hydrogens is 396 g/mol. The van der Waals surface area contributed by atoms with Crippen molar-refractivity contribution in [3.63, 3.8) is 0 Å². The van der Waals surface area contributed by atoms with E-state index in [0.29, 0.717) is 18.3 Å². The lowest BCUT2D eigenvalue weighted by Crippen LogP contribution is -2.62. The number of hydrogen-bond acceptors (Lipinski definition) is 6. The molecule has 5 aliphatic rings. The monoisotopic (exact) mass is 432 g/mol. The van der Waals surface area contributed by atoms with Crippen molar-refractivity contribution >= 4 is 11.9 Å². The normalized spacial score (nSPS) is 51.3. The van der Waals surface area contributed by atoms with Gasteiger partial charge < -0.3 is 19.7 Å². The number of aliphatic hydroxyl groups excluding tert-OH is 1. The van der Waals surface area contributed by atoms with Gasteiger partial charge in [-0.2, -0.15) is 0 Å². The van der Waals surface area contributed by atoms with Gasteiger partial charge in [-0.05, 0) is 73.7 Å². The predicted octanol–water partition coefficient (Wildman–Crippen LogP) is 3.15. The second-order valence-corrected chi connectivity index (χ2v) is 11.5. The van der Waals surface area contributed by atoms with Crippen LogP contribution in [-0.2, 0) is 19.1 Å². The average molecular weight is 433 g/mol. The third-order valence-electron chi connectivity index (χ3n) is 10.2. The van der Waals surface area contributed by atoms with Gasteiger partial charge in [0.05, 0.1) is 11.7 Å². The van der Waals surface area contributed by atoms with E-state index in [-0.39, 0.29) is 41.9 Å². The maximum atomic E-state index is 12.4. The van der Waals surface area contributed by atoms with Gasteiger partial charge in [0.15, 0.2) is 0 Å². The summed E-state index contributed by atoms with van der Waals surface area (Å²) in [7, 11) is 0. The summed E-state index contributed by atoms with van der Waals surface area (Å²) >= 11 is 0. The van der Waals surface area contributed by atoms with E-state index in [4.69, 9.17) is 9.47 Å². The summed E-state index contributed by atoms with van der Waals surface area (Å²) in [5.74, 6) is 0.162. The first-order valence-corrected chi connectivity index (χ1v) is 12.0. The highest BCUT2D eigenvalue weighted by atomic mass is 16.5. The van der Waals surface area contributed by atoms with Crippen LogP contribution in [-0.4, -0.2) is 46.6 Å². The van der Waals surface area contributed by atoms with E-state index < -0.39 is 17.1 Å². The molecular formula is C25H36O6. The fourth-order valence-electron chi connectivity index (χ4n) is 8.76. The molecule has 5 rings (SSSR count). The van der Waals surface area contributed by atoms with Crippen LogP contribution in [0.3, 0.4) is 0 Å². The van der Waals surface area contributed by atoms with Crippen LogP contribution in [0, 0.1) is 34.5 Å². The van der Waals surface area contributed by atoms with E-state index in [1.807, 2.05) is 0 Å². The maximum absolute atomic E-state index is 12.4. The van der Waals surface area contributed by atoms with Crippen molar-refractivity contribution < 1.29 is 29.3 Å². The van der Waals surface area contributed by atoms with E-state index in [2.05, 4.69) is 13.8 Å². The van der Waals surface area contributed by atoms with Gasteiger partial charge in [-0.3, -0.25) is 4.79 Å². The Kier molecular flexibility index (Phi) is 4.88. The van der Waals surface area contributed by atoms with E-state index in [1.54, 1.807) is 6.08 Å². The van der Waals surface area contributed by atoms with Crippen LogP contribution in [0.2, 0.25) is 0 Å². The summed E-state index contributed by atoms with van der Waals surface area (Å²) in [4.78, 5) is 23.8. The first-order chi connectivity index (χ1) is 14.6. The summed E-state index contributed by atoms with van der Waals surface area (Å²) in [6.45, 7) is 6.16. The third-order valence-corrected chi connectivity index (χ3v) is 10.2. The number of aliphatic hydroxyl groups is 2. The Morgan fingerprint density at radius 3 is 2.61 bits per heavy atom. The Morgan fingerprint density at radius 1 is 1.16 bits per heavy atom. The van der Waals surface area contributed by atoms with Crippen LogP contribution in [0.4, 0.5) is 0 Å². The van der Waals surface area contributed by atoms with Crippen molar-refractivity contribution in [1.82, 2.24) is 0 Å². The van der Waals surface area contributed by atoms with Crippen molar-refractivity contribution in [2.75, 3.05) is 6.61 Å². The molecule has 0 aromatic carbocycles. The number of carbonyl (C=O) groups is 2. The first kappa shape index (κ1) is 21.4. The van der Waals surface area contributed by atoms with Crippen molar-refractivity contribution in [3.05, 3.63) is 11.6 Å². The van der Waals surface area contributed by atoms with Gasteiger partial charge >= 0.3 is 11.9 Å². The van der Waals surface area contributed by atoms with Gasteiger partial charge in [-0.15, -0.1) is 0 Å². The fourth-order valence-corrected chi connectivity index (χ4v) is 8.76. The number of ether oxygens (including phenoxy) is 2. The molecule has 1 aliphatic heterocycles. The molecule has 0 radical (unpaired) electrons. The Hall–Kier alpha value is -1.40. The van der Waals surface area contributed by atoms with Crippen molar-refractivity contribution in [2.24, 2.45) is 34.5 Å². The third kappa shape index (κ3) is 2.97. The minimum atomic E-state index is -0.947. The maximum Gasteiger partial charge on any atom is 0.331 e. The Balaban J connectivity index is 1.52. The van der Waals surface area contributed by atoms with Crippen LogP contribution < -0.4 is 0 Å². The molecule has 31 heavy (non-hydrogen) atoms. The number of esters is 2. The largest absolute Gasteiger partial charge is 0.462 e. The lowest BCUT2D eigenvalue weighted by Gasteiger charge is -2.63. The zero-order chi connectivity index (χ0) is 22.2. The van der Waals surface area contributed by atoms with Crippen LogP contribution in [0.1, 0.15) is 72.1 Å². The van der Waals surface area contributed by atoms with Crippen molar-refractivity contribution in [3.8, 4) is 0 Å². The minimum Gasteiger partial charge on any atom is -0.462 e. The van der Waals surface area contributed by atoms with Crippen LogP contribution >= 0.6 is 0 Å². The van der Waals surface area contributed by atoms with Gasteiger partial charge in [0.2, 0.25) is 0 Å². The number of rotatable bonds is 2. The van der Waals surface area contributed by atoms with Gasteiger partial charge in [-0.1, -0.05) is 13.8 Å². The molecule has 1 heterocycles. The summed E-state index contributed by atoms with van der Waals surface area (Å²) in [5.41, 5.74) is -0.420. The molecule has 0 amide bonds. The molecule has 0 unspecified atom stereocenters.